The van der Waals surface area contributed by atoms with Gasteiger partial charge in [-0.1, -0.05) is 11.6 Å². The Hall–Kier alpha value is -0.500. The highest BCUT2D eigenvalue weighted by molar-refractivity contribution is 7.90. The van der Waals surface area contributed by atoms with E-state index in [0.29, 0.717) is 16.6 Å². The number of nitrogens with one attached hydrogen (secondary N) is 2. The number of halogens is 1. The van der Waals surface area contributed by atoms with Gasteiger partial charge in [-0.3, -0.25) is 0 Å². The fraction of sp³-hybridized carbons (Fsp3) is 0.417. The normalized spacial score (nSPS) is 12.2. The average molecular weight is 355 g/mol. The molecule has 0 aromatic heterocycles. The van der Waals surface area contributed by atoms with Crippen LogP contribution in [0.1, 0.15) is 13.3 Å². The zero-order chi connectivity index (χ0) is 14.5. The van der Waals surface area contributed by atoms with Crippen LogP contribution < -0.4 is 10.6 Å². The van der Waals surface area contributed by atoms with E-state index >= 15 is 0 Å². The van der Waals surface area contributed by atoms with Gasteiger partial charge >= 0.3 is 0 Å². The summed E-state index contributed by atoms with van der Waals surface area (Å²) in [5.74, 6) is 0.144. The zero-order valence-electron chi connectivity index (χ0n) is 11.3. The topological polar surface area (TPSA) is 58.2 Å². The molecule has 8 heteroatoms. The lowest BCUT2D eigenvalue weighted by Gasteiger charge is -2.16. The molecule has 0 heterocycles. The Morgan fingerprint density at radius 2 is 1.90 bits per heavy atom. The highest BCUT2D eigenvalue weighted by Gasteiger charge is 2.08. The van der Waals surface area contributed by atoms with Gasteiger partial charge in [0.05, 0.1) is 5.75 Å². The van der Waals surface area contributed by atoms with Crippen molar-refractivity contribution in [2.24, 2.45) is 0 Å². The van der Waals surface area contributed by atoms with Crippen molar-refractivity contribution in [3.63, 3.8) is 0 Å². The number of hydrogen-bond acceptors (Lipinski definition) is 3. The van der Waals surface area contributed by atoms with E-state index in [0.717, 1.165) is 5.69 Å². The summed E-state index contributed by atoms with van der Waals surface area (Å²) in [6.45, 7) is 1.89. The van der Waals surface area contributed by atoms with Crippen LogP contribution in [0.3, 0.4) is 0 Å². The van der Waals surface area contributed by atoms with Crippen molar-refractivity contribution in [1.29, 1.82) is 0 Å². The maximum atomic E-state index is 11.1. The maximum Gasteiger partial charge on any atom is 0.170 e. The molecule has 0 aliphatic rings. The lowest BCUT2D eigenvalue weighted by Crippen LogP contribution is -2.36. The van der Waals surface area contributed by atoms with Crippen molar-refractivity contribution in [1.82, 2.24) is 5.32 Å². The largest absolute Gasteiger partial charge is 0.360 e. The van der Waals surface area contributed by atoms with Crippen LogP contribution in [0.2, 0.25) is 5.02 Å². The number of benzene rings is 1. The first-order valence-electron chi connectivity index (χ1n) is 5.77. The average Bonchev–Trinajstić information content (AvgIpc) is 2.29. The van der Waals surface area contributed by atoms with Crippen LogP contribution in [0.25, 0.3) is 0 Å². The molecular weight excluding hydrogens is 336 g/mol. The summed E-state index contributed by atoms with van der Waals surface area (Å²) in [5.41, 5.74) is 0.831. The monoisotopic (exact) mass is 354 g/mol. The zero-order valence-corrected chi connectivity index (χ0v) is 14.7. The van der Waals surface area contributed by atoms with Crippen molar-refractivity contribution >= 4 is 58.0 Å². The summed E-state index contributed by atoms with van der Waals surface area (Å²) >= 11 is 10.9. The molecule has 4 nitrogen and oxygen atoms in total. The van der Waals surface area contributed by atoms with Crippen molar-refractivity contribution < 1.29 is 8.42 Å². The van der Waals surface area contributed by atoms with Crippen molar-refractivity contribution in [3.8, 4) is 0 Å². The summed E-state index contributed by atoms with van der Waals surface area (Å²) < 4.78 is 22.1. The van der Waals surface area contributed by atoms with Crippen LogP contribution in [0.5, 0.6) is 0 Å². The standard InChI is InChI=1S/C12H17ClN2O2S2.H2S/c1-9(7-8-19(2,16)17)14-12(18)15-11-5-3-10(13)4-6-11;/h3-6,9H,7-8H2,1-2H3,(H2,14,15,18);1H2/t9-;/m0./s1. The van der Waals surface area contributed by atoms with Gasteiger partial charge in [0.15, 0.2) is 5.11 Å². The molecule has 0 amide bonds. The van der Waals surface area contributed by atoms with E-state index in [4.69, 9.17) is 23.8 Å². The van der Waals surface area contributed by atoms with Gasteiger partial charge < -0.3 is 10.6 Å². The maximum absolute atomic E-state index is 11.1. The van der Waals surface area contributed by atoms with Gasteiger partial charge in [-0.25, -0.2) is 8.42 Å². The van der Waals surface area contributed by atoms with Gasteiger partial charge in [0, 0.05) is 23.0 Å². The molecule has 1 aromatic rings. The summed E-state index contributed by atoms with van der Waals surface area (Å²) in [4.78, 5) is 0. The first kappa shape index (κ1) is 19.5. The first-order valence-corrected chi connectivity index (χ1v) is 8.62. The third-order valence-electron chi connectivity index (χ3n) is 2.40. The molecule has 0 saturated heterocycles. The lowest BCUT2D eigenvalue weighted by atomic mass is 10.3. The summed E-state index contributed by atoms with van der Waals surface area (Å²) in [6, 6.07) is 7.15. The Bertz CT molecular complexity index is 532. The molecule has 0 bridgehead atoms. The van der Waals surface area contributed by atoms with E-state index in [-0.39, 0.29) is 25.3 Å². The number of thiocarbonyl (C=S) groups is 1. The fourth-order valence-corrected chi connectivity index (χ4v) is 2.61. The second-order valence-electron chi connectivity index (χ2n) is 4.42. The van der Waals surface area contributed by atoms with Gasteiger partial charge in [0.25, 0.3) is 0 Å². The highest BCUT2D eigenvalue weighted by Crippen LogP contribution is 2.13. The molecule has 0 aliphatic carbocycles. The van der Waals surface area contributed by atoms with E-state index in [1.54, 1.807) is 12.1 Å². The van der Waals surface area contributed by atoms with E-state index in [2.05, 4.69) is 10.6 Å². The van der Waals surface area contributed by atoms with E-state index in [1.165, 1.54) is 6.26 Å². The van der Waals surface area contributed by atoms with E-state index < -0.39 is 9.84 Å². The van der Waals surface area contributed by atoms with Crippen LogP contribution in [0, 0.1) is 0 Å². The molecule has 1 atom stereocenters. The number of rotatable bonds is 5. The lowest BCUT2D eigenvalue weighted by molar-refractivity contribution is 0.585. The molecule has 0 unspecified atom stereocenters. The molecule has 1 rings (SSSR count). The minimum atomic E-state index is -2.94. The van der Waals surface area contributed by atoms with Crippen LogP contribution in [0.15, 0.2) is 24.3 Å². The molecule has 0 saturated carbocycles. The minimum absolute atomic E-state index is 0. The van der Waals surface area contributed by atoms with Crippen LogP contribution in [0.4, 0.5) is 5.69 Å². The summed E-state index contributed by atoms with van der Waals surface area (Å²) in [5, 5.41) is 7.17. The van der Waals surface area contributed by atoms with Gasteiger partial charge in [-0.2, -0.15) is 13.5 Å². The molecule has 0 spiro atoms. The van der Waals surface area contributed by atoms with Gasteiger partial charge in [0.2, 0.25) is 0 Å². The Balaban J connectivity index is 0.00000361. The second kappa shape index (κ2) is 8.71. The smallest absolute Gasteiger partial charge is 0.170 e. The fourth-order valence-electron chi connectivity index (χ4n) is 1.39. The number of anilines is 1. The number of hydrogen-bond donors (Lipinski definition) is 2. The SMILES string of the molecule is C[C@@H](CCS(C)(=O)=O)NC(=S)Nc1ccc(Cl)cc1.S. The van der Waals surface area contributed by atoms with Crippen molar-refractivity contribution in [2.75, 3.05) is 17.3 Å². The van der Waals surface area contributed by atoms with Crippen molar-refractivity contribution in [2.45, 2.75) is 19.4 Å². The predicted octanol–water partition coefficient (Wildman–Crippen LogP) is 2.56. The molecule has 114 valence electrons. The third kappa shape index (κ3) is 8.63. The molecule has 20 heavy (non-hydrogen) atoms. The Morgan fingerprint density at radius 3 is 2.40 bits per heavy atom. The van der Waals surface area contributed by atoms with Crippen LogP contribution in [-0.2, 0) is 9.84 Å². The van der Waals surface area contributed by atoms with Gasteiger partial charge in [0.1, 0.15) is 9.84 Å². The molecule has 0 aliphatic heterocycles. The molecular formula is C12H19ClN2O2S3. The first-order chi connectivity index (χ1) is 8.76. The van der Waals surface area contributed by atoms with E-state index in [1.807, 2.05) is 19.1 Å². The minimum Gasteiger partial charge on any atom is -0.360 e. The molecule has 2 N–H and O–H groups in total. The highest BCUT2D eigenvalue weighted by atomic mass is 35.5. The number of sulfone groups is 1. The Kier molecular flexibility index (Phi) is 8.50. The Morgan fingerprint density at radius 1 is 1.35 bits per heavy atom. The second-order valence-corrected chi connectivity index (χ2v) is 7.53. The molecule has 0 fully saturated rings. The van der Waals surface area contributed by atoms with E-state index in [9.17, 15) is 8.42 Å². The summed E-state index contributed by atoms with van der Waals surface area (Å²) in [6.07, 6.45) is 1.74. The van der Waals surface area contributed by atoms with Gasteiger partial charge in [-0.15, -0.1) is 0 Å². The van der Waals surface area contributed by atoms with Crippen LogP contribution in [-0.4, -0.2) is 31.6 Å². The Labute approximate surface area is 137 Å². The predicted molar refractivity (Wildman–Crippen MR) is 95.0 cm³/mol. The van der Waals surface area contributed by atoms with Gasteiger partial charge in [-0.05, 0) is 49.8 Å². The summed E-state index contributed by atoms with van der Waals surface area (Å²) in [7, 11) is -2.94. The van der Waals surface area contributed by atoms with Crippen LogP contribution >= 0.6 is 37.3 Å². The molecule has 0 radical (unpaired) electrons. The van der Waals surface area contributed by atoms with Crippen molar-refractivity contribution in [3.05, 3.63) is 29.3 Å². The molecule has 1 aromatic carbocycles. The quantitative estimate of drug-likeness (QED) is 0.796. The third-order valence-corrected chi connectivity index (χ3v) is 3.85.